The molecule has 0 saturated carbocycles. The summed E-state index contributed by atoms with van der Waals surface area (Å²) < 4.78 is 30.6. The molecule has 0 aliphatic rings. The van der Waals surface area contributed by atoms with E-state index in [2.05, 4.69) is 4.98 Å². The summed E-state index contributed by atoms with van der Waals surface area (Å²) in [4.78, 5) is 15.3. The van der Waals surface area contributed by atoms with Crippen molar-refractivity contribution in [2.45, 2.75) is 25.2 Å². The number of hydrogen-bond acceptors (Lipinski definition) is 5. The maximum absolute atomic E-state index is 12.3. The summed E-state index contributed by atoms with van der Waals surface area (Å²) in [6, 6.07) is 3.00. The fourth-order valence-electron chi connectivity index (χ4n) is 1.53. The Morgan fingerprint density at radius 3 is 2.68 bits per heavy atom. The molecule has 0 bridgehead atoms. The Morgan fingerprint density at radius 1 is 1.42 bits per heavy atom. The van der Waals surface area contributed by atoms with Crippen LogP contribution >= 0.6 is 0 Å². The molecule has 0 unspecified atom stereocenters. The van der Waals surface area contributed by atoms with Crippen molar-refractivity contribution in [3.63, 3.8) is 0 Å². The monoisotopic (exact) mass is 286 g/mol. The molecule has 0 amide bonds. The fraction of sp³-hybridized carbons (Fsp3) is 0.500. The van der Waals surface area contributed by atoms with E-state index in [-0.39, 0.29) is 24.6 Å². The molecule has 1 aromatic rings. The lowest BCUT2D eigenvalue weighted by Gasteiger charge is -2.20. The second-order valence-electron chi connectivity index (χ2n) is 3.83. The van der Waals surface area contributed by atoms with Crippen molar-refractivity contribution in [3.8, 4) is 0 Å². The summed E-state index contributed by atoms with van der Waals surface area (Å²) >= 11 is 0. The maximum Gasteiger partial charge on any atom is 0.321 e. The van der Waals surface area contributed by atoms with Gasteiger partial charge in [-0.25, -0.2) is 8.42 Å². The third-order valence-electron chi connectivity index (χ3n) is 2.36. The summed E-state index contributed by atoms with van der Waals surface area (Å²) in [6.45, 7) is 3.73. The Hall–Kier alpha value is -1.47. The molecule has 1 heterocycles. The highest BCUT2D eigenvalue weighted by atomic mass is 32.2. The van der Waals surface area contributed by atoms with Gasteiger partial charge in [-0.1, -0.05) is 6.92 Å². The minimum atomic E-state index is -3.71. The molecule has 1 rings (SSSR count). The topological polar surface area (TPSA) is 76.6 Å². The molecular formula is C12H18N2O4S. The summed E-state index contributed by atoms with van der Waals surface area (Å²) in [5.41, 5.74) is 0. The van der Waals surface area contributed by atoms with E-state index in [0.717, 1.165) is 4.31 Å². The molecule has 0 fully saturated rings. The van der Waals surface area contributed by atoms with Crippen LogP contribution in [0.1, 0.15) is 20.3 Å². The van der Waals surface area contributed by atoms with Gasteiger partial charge in [0.1, 0.15) is 11.4 Å². The van der Waals surface area contributed by atoms with E-state index in [9.17, 15) is 13.2 Å². The van der Waals surface area contributed by atoms with E-state index in [1.165, 1.54) is 18.5 Å². The standard InChI is InChI=1S/C12H18N2O4S/c1-3-8-14(10-12(15)18-4-2)19(16,17)11-6-5-7-13-9-11/h5-7,9H,3-4,8,10H2,1-2H3. The summed E-state index contributed by atoms with van der Waals surface area (Å²) in [7, 11) is -3.71. The van der Waals surface area contributed by atoms with Crippen molar-refractivity contribution in [2.24, 2.45) is 0 Å². The molecule has 0 aromatic carbocycles. The first-order chi connectivity index (χ1) is 9.02. The number of hydrogen-bond donors (Lipinski definition) is 0. The molecular weight excluding hydrogens is 268 g/mol. The van der Waals surface area contributed by atoms with Crippen LogP contribution in [0, 0.1) is 0 Å². The van der Waals surface area contributed by atoms with Gasteiger partial charge in [-0.2, -0.15) is 4.31 Å². The molecule has 0 saturated heterocycles. The van der Waals surface area contributed by atoms with Crippen LogP contribution in [-0.2, 0) is 19.6 Å². The molecule has 7 heteroatoms. The Balaban J connectivity index is 2.95. The number of sulfonamides is 1. The molecule has 6 nitrogen and oxygen atoms in total. The van der Waals surface area contributed by atoms with Gasteiger partial charge in [-0.3, -0.25) is 9.78 Å². The summed E-state index contributed by atoms with van der Waals surface area (Å²) in [5.74, 6) is -0.552. The van der Waals surface area contributed by atoms with E-state index in [4.69, 9.17) is 4.74 Å². The number of nitrogens with zero attached hydrogens (tertiary/aromatic N) is 2. The highest BCUT2D eigenvalue weighted by molar-refractivity contribution is 7.89. The zero-order chi connectivity index (χ0) is 14.3. The highest BCUT2D eigenvalue weighted by Crippen LogP contribution is 2.14. The van der Waals surface area contributed by atoms with Crippen LogP contribution in [0.2, 0.25) is 0 Å². The van der Waals surface area contributed by atoms with Gasteiger partial charge in [0, 0.05) is 18.9 Å². The zero-order valence-corrected chi connectivity index (χ0v) is 11.9. The number of carbonyl (C=O) groups is 1. The smallest absolute Gasteiger partial charge is 0.321 e. The minimum Gasteiger partial charge on any atom is -0.465 e. The predicted octanol–water partition coefficient (Wildman–Crippen LogP) is 1.05. The fourth-order valence-corrected chi connectivity index (χ4v) is 2.97. The second kappa shape index (κ2) is 7.20. The van der Waals surface area contributed by atoms with Crippen LogP contribution in [0.4, 0.5) is 0 Å². The minimum absolute atomic E-state index is 0.0766. The number of pyridine rings is 1. The summed E-state index contributed by atoms with van der Waals surface area (Å²) in [5, 5.41) is 0. The second-order valence-corrected chi connectivity index (χ2v) is 5.77. The van der Waals surface area contributed by atoms with Crippen molar-refractivity contribution in [1.82, 2.24) is 9.29 Å². The zero-order valence-electron chi connectivity index (χ0n) is 11.1. The van der Waals surface area contributed by atoms with E-state index >= 15 is 0 Å². The first-order valence-electron chi connectivity index (χ1n) is 6.08. The van der Waals surface area contributed by atoms with Gasteiger partial charge >= 0.3 is 5.97 Å². The van der Waals surface area contributed by atoms with Crippen molar-refractivity contribution in [1.29, 1.82) is 0 Å². The van der Waals surface area contributed by atoms with E-state index in [0.29, 0.717) is 6.42 Å². The van der Waals surface area contributed by atoms with Gasteiger partial charge < -0.3 is 4.74 Å². The lowest BCUT2D eigenvalue weighted by molar-refractivity contribution is -0.143. The van der Waals surface area contributed by atoms with Crippen LogP contribution < -0.4 is 0 Å². The van der Waals surface area contributed by atoms with Gasteiger partial charge in [0.05, 0.1) is 6.61 Å². The summed E-state index contributed by atoms with van der Waals surface area (Å²) in [6.07, 6.45) is 3.37. The molecule has 0 N–H and O–H groups in total. The first kappa shape index (κ1) is 15.6. The molecule has 0 aliphatic heterocycles. The number of aromatic nitrogens is 1. The molecule has 106 valence electrons. The van der Waals surface area contributed by atoms with Crippen molar-refractivity contribution < 1.29 is 17.9 Å². The normalized spacial score (nSPS) is 11.5. The van der Waals surface area contributed by atoms with Crippen LogP contribution in [0.25, 0.3) is 0 Å². The van der Waals surface area contributed by atoms with Crippen LogP contribution in [0.15, 0.2) is 29.4 Å². The van der Waals surface area contributed by atoms with Gasteiger partial charge in [-0.05, 0) is 25.5 Å². The lowest BCUT2D eigenvalue weighted by atomic mass is 10.5. The van der Waals surface area contributed by atoms with E-state index in [1.54, 1.807) is 13.0 Å². The van der Waals surface area contributed by atoms with Gasteiger partial charge in [0.25, 0.3) is 0 Å². The Kier molecular flexibility index (Phi) is 5.91. The maximum atomic E-state index is 12.3. The quantitative estimate of drug-likeness (QED) is 0.700. The van der Waals surface area contributed by atoms with Crippen LogP contribution in [-0.4, -0.2) is 43.4 Å². The molecule has 0 spiro atoms. The Labute approximate surface area is 113 Å². The third-order valence-corrected chi connectivity index (χ3v) is 4.18. The van der Waals surface area contributed by atoms with Gasteiger partial charge in [0.15, 0.2) is 0 Å². The Morgan fingerprint density at radius 2 is 2.16 bits per heavy atom. The number of rotatable bonds is 7. The van der Waals surface area contributed by atoms with Gasteiger partial charge in [0.2, 0.25) is 10.0 Å². The lowest BCUT2D eigenvalue weighted by Crippen LogP contribution is -2.37. The third kappa shape index (κ3) is 4.29. The van der Waals surface area contributed by atoms with E-state index < -0.39 is 16.0 Å². The highest BCUT2D eigenvalue weighted by Gasteiger charge is 2.26. The molecule has 0 radical (unpaired) electrons. The number of ether oxygens (including phenoxy) is 1. The van der Waals surface area contributed by atoms with Crippen molar-refractivity contribution in [2.75, 3.05) is 19.7 Å². The largest absolute Gasteiger partial charge is 0.465 e. The molecule has 19 heavy (non-hydrogen) atoms. The van der Waals surface area contributed by atoms with Crippen LogP contribution in [0.3, 0.4) is 0 Å². The average molecular weight is 286 g/mol. The number of carbonyl (C=O) groups excluding carboxylic acids is 1. The first-order valence-corrected chi connectivity index (χ1v) is 7.52. The molecule has 0 aliphatic carbocycles. The molecule has 0 atom stereocenters. The average Bonchev–Trinajstić information content (AvgIpc) is 2.39. The van der Waals surface area contributed by atoms with Crippen molar-refractivity contribution >= 4 is 16.0 Å². The van der Waals surface area contributed by atoms with Crippen LogP contribution in [0.5, 0.6) is 0 Å². The van der Waals surface area contributed by atoms with Gasteiger partial charge in [-0.15, -0.1) is 0 Å². The predicted molar refractivity (Wildman–Crippen MR) is 69.9 cm³/mol. The Bertz CT molecular complexity index is 502. The SMILES string of the molecule is CCCN(CC(=O)OCC)S(=O)(=O)c1cccnc1. The van der Waals surface area contributed by atoms with E-state index in [1.807, 2.05) is 6.92 Å². The number of esters is 1. The molecule has 1 aromatic heterocycles. The van der Waals surface area contributed by atoms with Crippen molar-refractivity contribution in [3.05, 3.63) is 24.5 Å².